The van der Waals surface area contributed by atoms with Crippen LogP contribution in [0.2, 0.25) is 5.02 Å². The lowest BCUT2D eigenvalue weighted by molar-refractivity contribution is -0.384. The van der Waals surface area contributed by atoms with Gasteiger partial charge in [0.25, 0.3) is 11.6 Å². The largest absolute Gasteiger partial charge is 0.345 e. The van der Waals surface area contributed by atoms with Gasteiger partial charge in [0.2, 0.25) is 5.89 Å². The predicted molar refractivity (Wildman–Crippen MR) is 68.3 cm³/mol. The van der Waals surface area contributed by atoms with Crippen molar-refractivity contribution in [1.82, 2.24) is 15.5 Å². The molecule has 2 aromatic rings. The van der Waals surface area contributed by atoms with Crippen molar-refractivity contribution in [2.75, 3.05) is 0 Å². The Bertz CT molecular complexity index is 670. The van der Waals surface area contributed by atoms with Gasteiger partial charge >= 0.3 is 0 Å². The number of nitrogens with zero attached hydrogens (tertiary/aromatic N) is 3. The summed E-state index contributed by atoms with van der Waals surface area (Å²) in [7, 11) is 0. The minimum atomic E-state index is -0.619. The molecule has 2 rings (SSSR count). The Balaban J connectivity index is 2.06. The number of rotatable bonds is 4. The first-order valence-electron chi connectivity index (χ1n) is 5.48. The van der Waals surface area contributed by atoms with Gasteiger partial charge in [0, 0.05) is 18.6 Å². The minimum Gasteiger partial charge on any atom is -0.345 e. The summed E-state index contributed by atoms with van der Waals surface area (Å²) in [5.74, 6) is 0.292. The van der Waals surface area contributed by atoms with E-state index in [1.807, 2.05) is 0 Å². The molecule has 0 aliphatic heterocycles. The number of carbonyl (C=O) groups is 1. The van der Waals surface area contributed by atoms with Crippen molar-refractivity contribution >= 4 is 23.2 Å². The van der Waals surface area contributed by atoms with Gasteiger partial charge in [-0.05, 0) is 12.1 Å². The molecule has 0 bridgehead atoms. The van der Waals surface area contributed by atoms with Crippen molar-refractivity contribution in [1.29, 1.82) is 0 Å². The van der Waals surface area contributed by atoms with E-state index in [1.54, 1.807) is 6.92 Å². The molecule has 0 aliphatic carbocycles. The lowest BCUT2D eigenvalue weighted by Crippen LogP contribution is -2.23. The third-order valence-corrected chi connectivity index (χ3v) is 2.69. The normalized spacial score (nSPS) is 10.3. The second kappa shape index (κ2) is 5.66. The quantitative estimate of drug-likeness (QED) is 0.681. The van der Waals surface area contributed by atoms with E-state index >= 15 is 0 Å². The first kappa shape index (κ1) is 13.9. The highest BCUT2D eigenvalue weighted by atomic mass is 35.5. The molecule has 0 fully saturated rings. The van der Waals surface area contributed by atoms with Gasteiger partial charge < -0.3 is 9.84 Å². The molecule has 0 atom stereocenters. The molecule has 0 saturated carbocycles. The average Bonchev–Trinajstić information content (AvgIpc) is 2.81. The van der Waals surface area contributed by atoms with Gasteiger partial charge in [-0.1, -0.05) is 16.8 Å². The molecule has 9 heteroatoms. The maximum Gasteiger partial charge on any atom is 0.287 e. The van der Waals surface area contributed by atoms with Gasteiger partial charge in [-0.15, -0.1) is 0 Å². The second-order valence-electron chi connectivity index (χ2n) is 3.84. The number of nitrogens with one attached hydrogen (secondary N) is 1. The molecule has 1 amide bonds. The summed E-state index contributed by atoms with van der Waals surface area (Å²) in [6.07, 6.45) is 0. The molecule has 1 N–H and O–H groups in total. The predicted octanol–water partition coefficient (Wildman–Crippen LogP) is 1.87. The van der Waals surface area contributed by atoms with Gasteiger partial charge in [0.15, 0.2) is 5.82 Å². The number of nitro groups is 1. The van der Waals surface area contributed by atoms with Crippen LogP contribution in [-0.4, -0.2) is 21.0 Å². The molecule has 0 spiro atoms. The van der Waals surface area contributed by atoms with Crippen LogP contribution in [0, 0.1) is 17.0 Å². The highest BCUT2D eigenvalue weighted by molar-refractivity contribution is 6.33. The van der Waals surface area contributed by atoms with Crippen LogP contribution in [-0.2, 0) is 6.54 Å². The summed E-state index contributed by atoms with van der Waals surface area (Å²) in [6, 6.07) is 3.73. The number of nitro benzene ring substituents is 1. The highest BCUT2D eigenvalue weighted by Gasteiger charge is 2.15. The summed E-state index contributed by atoms with van der Waals surface area (Å²) in [5.41, 5.74) is -0.0437. The van der Waals surface area contributed by atoms with Crippen LogP contribution in [0.25, 0.3) is 0 Å². The molecule has 1 aromatic carbocycles. The second-order valence-corrected chi connectivity index (χ2v) is 4.24. The van der Waals surface area contributed by atoms with E-state index in [-0.39, 0.29) is 22.8 Å². The molecular weight excluding hydrogens is 288 g/mol. The van der Waals surface area contributed by atoms with Crippen LogP contribution in [0.3, 0.4) is 0 Å². The Labute approximate surface area is 117 Å². The number of aromatic nitrogens is 2. The van der Waals surface area contributed by atoms with Gasteiger partial charge in [-0.25, -0.2) is 0 Å². The molecule has 20 heavy (non-hydrogen) atoms. The zero-order valence-electron chi connectivity index (χ0n) is 10.3. The minimum absolute atomic E-state index is 0.0881. The summed E-state index contributed by atoms with van der Waals surface area (Å²) < 4.78 is 4.76. The van der Waals surface area contributed by atoms with Gasteiger partial charge in [0.05, 0.1) is 11.5 Å². The average molecular weight is 297 g/mol. The molecule has 104 valence electrons. The highest BCUT2D eigenvalue weighted by Crippen LogP contribution is 2.24. The number of hydrogen-bond donors (Lipinski definition) is 1. The van der Waals surface area contributed by atoms with E-state index in [4.69, 9.17) is 16.1 Å². The van der Waals surface area contributed by atoms with Gasteiger partial charge in [-0.2, -0.15) is 4.98 Å². The maximum absolute atomic E-state index is 11.8. The van der Waals surface area contributed by atoms with Crippen molar-refractivity contribution in [3.8, 4) is 0 Å². The van der Waals surface area contributed by atoms with Crippen LogP contribution in [0.5, 0.6) is 0 Å². The first-order valence-corrected chi connectivity index (χ1v) is 5.86. The monoisotopic (exact) mass is 296 g/mol. The van der Waals surface area contributed by atoms with E-state index in [0.29, 0.717) is 11.7 Å². The Kier molecular flexibility index (Phi) is 3.94. The fourth-order valence-corrected chi connectivity index (χ4v) is 1.72. The zero-order chi connectivity index (χ0) is 14.7. The van der Waals surface area contributed by atoms with Crippen LogP contribution in [0.4, 0.5) is 5.69 Å². The number of halogens is 1. The smallest absolute Gasteiger partial charge is 0.287 e. The fourth-order valence-electron chi connectivity index (χ4n) is 1.47. The Morgan fingerprint density at radius 3 is 2.85 bits per heavy atom. The number of aryl methyl sites for hydroxylation is 1. The van der Waals surface area contributed by atoms with Gasteiger partial charge in [0.1, 0.15) is 5.02 Å². The van der Waals surface area contributed by atoms with E-state index in [0.717, 1.165) is 0 Å². The maximum atomic E-state index is 11.8. The van der Waals surface area contributed by atoms with Crippen molar-refractivity contribution in [2.45, 2.75) is 13.5 Å². The first-order chi connectivity index (χ1) is 9.47. The number of hydrogen-bond acceptors (Lipinski definition) is 6. The van der Waals surface area contributed by atoms with Crippen LogP contribution >= 0.6 is 11.6 Å². The van der Waals surface area contributed by atoms with Crippen molar-refractivity contribution in [3.63, 3.8) is 0 Å². The molecular formula is C11H9ClN4O4. The third-order valence-electron chi connectivity index (χ3n) is 2.38. The molecule has 1 heterocycles. The SMILES string of the molecule is Cc1nc(CNC(=O)c2ccc([N+](=O)[O-])c(Cl)c2)no1. The van der Waals surface area contributed by atoms with E-state index in [1.165, 1.54) is 18.2 Å². The fraction of sp³-hybridized carbons (Fsp3) is 0.182. The van der Waals surface area contributed by atoms with Crippen molar-refractivity contribution in [2.24, 2.45) is 0 Å². The Hall–Kier alpha value is -2.48. The van der Waals surface area contributed by atoms with E-state index in [9.17, 15) is 14.9 Å². The van der Waals surface area contributed by atoms with Crippen LogP contribution in [0.1, 0.15) is 22.1 Å². The van der Waals surface area contributed by atoms with E-state index in [2.05, 4.69) is 15.5 Å². The Morgan fingerprint density at radius 1 is 1.55 bits per heavy atom. The lowest BCUT2D eigenvalue weighted by atomic mass is 10.2. The topological polar surface area (TPSA) is 111 Å². The van der Waals surface area contributed by atoms with Crippen molar-refractivity contribution in [3.05, 3.63) is 50.6 Å². The molecule has 0 radical (unpaired) electrons. The van der Waals surface area contributed by atoms with Crippen LogP contribution in [0.15, 0.2) is 22.7 Å². The standard InChI is InChI=1S/C11H9ClN4O4/c1-6-14-10(15-20-6)5-13-11(17)7-2-3-9(16(18)19)8(12)4-7/h2-4H,5H2,1H3,(H,13,17). The van der Waals surface area contributed by atoms with Crippen molar-refractivity contribution < 1.29 is 14.2 Å². The zero-order valence-corrected chi connectivity index (χ0v) is 11.0. The summed E-state index contributed by atoms with van der Waals surface area (Å²) in [5, 5.41) is 16.7. The third kappa shape index (κ3) is 3.09. The Morgan fingerprint density at radius 2 is 2.30 bits per heavy atom. The molecule has 0 unspecified atom stereocenters. The van der Waals surface area contributed by atoms with E-state index < -0.39 is 10.8 Å². The molecule has 0 saturated heterocycles. The number of benzene rings is 1. The molecule has 8 nitrogen and oxygen atoms in total. The summed E-state index contributed by atoms with van der Waals surface area (Å²) in [4.78, 5) is 25.7. The molecule has 1 aromatic heterocycles. The number of carbonyl (C=O) groups excluding carboxylic acids is 1. The molecule has 0 aliphatic rings. The van der Waals surface area contributed by atoms with Gasteiger partial charge in [-0.3, -0.25) is 14.9 Å². The number of amides is 1. The summed E-state index contributed by atoms with van der Waals surface area (Å²) >= 11 is 5.73. The van der Waals surface area contributed by atoms with Crippen LogP contribution < -0.4 is 5.32 Å². The lowest BCUT2D eigenvalue weighted by Gasteiger charge is -2.03. The summed E-state index contributed by atoms with van der Waals surface area (Å²) in [6.45, 7) is 1.72.